The lowest BCUT2D eigenvalue weighted by Crippen LogP contribution is -2.56. The number of hydrogen-bond acceptors (Lipinski definition) is 7. The van der Waals surface area contributed by atoms with Gasteiger partial charge in [-0.05, 0) is 45.9 Å². The van der Waals surface area contributed by atoms with Crippen molar-refractivity contribution in [3.05, 3.63) is 40.5 Å². The molecular formula is C28H35F3N6O4. The minimum absolute atomic E-state index is 0.0531. The van der Waals surface area contributed by atoms with Crippen LogP contribution in [0.4, 0.5) is 18.0 Å². The summed E-state index contributed by atoms with van der Waals surface area (Å²) in [5.74, 6) is -0.779. The van der Waals surface area contributed by atoms with Gasteiger partial charge in [-0.15, -0.1) is 0 Å². The van der Waals surface area contributed by atoms with Gasteiger partial charge in [0.25, 0.3) is 0 Å². The number of piperazine rings is 1. The van der Waals surface area contributed by atoms with Crippen molar-refractivity contribution in [1.29, 1.82) is 5.26 Å². The van der Waals surface area contributed by atoms with E-state index in [9.17, 15) is 28.2 Å². The summed E-state index contributed by atoms with van der Waals surface area (Å²) in [7, 11) is 0. The van der Waals surface area contributed by atoms with Gasteiger partial charge in [0.15, 0.2) is 0 Å². The number of nitrogens with zero attached hydrogens (tertiary/aromatic N) is 5. The molecule has 2 amide bonds. The maximum absolute atomic E-state index is 13.6. The van der Waals surface area contributed by atoms with Crippen LogP contribution in [0, 0.1) is 11.3 Å². The molecular weight excluding hydrogens is 541 g/mol. The van der Waals surface area contributed by atoms with E-state index in [2.05, 4.69) is 15.1 Å². The Labute approximate surface area is 236 Å². The van der Waals surface area contributed by atoms with Crippen molar-refractivity contribution in [2.24, 2.45) is 0 Å². The highest BCUT2D eigenvalue weighted by atomic mass is 19.4. The molecule has 2 saturated heterocycles. The highest BCUT2D eigenvalue weighted by molar-refractivity contribution is 5.74. The van der Waals surface area contributed by atoms with Crippen LogP contribution in [0.25, 0.3) is 5.69 Å². The summed E-state index contributed by atoms with van der Waals surface area (Å²) < 4.78 is 48.2. The Morgan fingerprint density at radius 1 is 1.05 bits per heavy atom. The largest absolute Gasteiger partial charge is 0.494 e. The van der Waals surface area contributed by atoms with Crippen LogP contribution in [0.1, 0.15) is 49.9 Å². The first-order chi connectivity index (χ1) is 19.2. The van der Waals surface area contributed by atoms with E-state index < -0.39 is 28.5 Å². The van der Waals surface area contributed by atoms with Gasteiger partial charge in [0.2, 0.25) is 11.8 Å². The number of nitriles is 1. The van der Waals surface area contributed by atoms with Crippen molar-refractivity contribution in [2.45, 2.75) is 51.1 Å². The van der Waals surface area contributed by atoms with E-state index in [1.54, 1.807) is 19.9 Å². The number of carbonyl (C=O) groups excluding carboxylic acids is 1. The van der Waals surface area contributed by atoms with Crippen LogP contribution < -0.4 is 5.32 Å². The first kappa shape index (κ1) is 29.0. The van der Waals surface area contributed by atoms with Gasteiger partial charge >= 0.3 is 12.2 Å². The second-order valence-electron chi connectivity index (χ2n) is 11.8. The van der Waals surface area contributed by atoms with Gasteiger partial charge in [0.1, 0.15) is 11.2 Å². The molecule has 2 unspecified atom stereocenters. The fourth-order valence-electron chi connectivity index (χ4n) is 6.48. The number of ether oxygens (including phenoxy) is 1. The molecule has 3 aliphatic rings. The lowest BCUT2D eigenvalue weighted by molar-refractivity contribution is -0.187. The summed E-state index contributed by atoms with van der Waals surface area (Å²) in [6.07, 6.45) is -4.78. The minimum Gasteiger partial charge on any atom is -0.494 e. The van der Waals surface area contributed by atoms with E-state index in [1.165, 1.54) is 6.07 Å². The van der Waals surface area contributed by atoms with Crippen LogP contribution in [-0.4, -0.2) is 93.9 Å². The Bertz CT molecular complexity index is 1350. The highest BCUT2D eigenvalue weighted by Crippen LogP contribution is 2.59. The minimum atomic E-state index is -4.78. The van der Waals surface area contributed by atoms with Crippen LogP contribution in [0.2, 0.25) is 0 Å². The SMILES string of the molecule is CC(C)NC(=O)N1CCN(CCN2CC3(C)OC(C)(C2)c2c3c(O)n(-c3ccc(C#N)c(C(F)(F)F)c3)c2O)CC1. The number of morpholine rings is 1. The predicted octanol–water partition coefficient (Wildman–Crippen LogP) is 3.29. The zero-order valence-electron chi connectivity index (χ0n) is 23.5. The molecule has 2 atom stereocenters. The Morgan fingerprint density at radius 2 is 1.61 bits per heavy atom. The molecule has 3 aliphatic heterocycles. The van der Waals surface area contributed by atoms with E-state index in [-0.39, 0.29) is 29.5 Å². The average molecular weight is 577 g/mol. The highest BCUT2D eigenvalue weighted by Gasteiger charge is 2.58. The van der Waals surface area contributed by atoms with Crippen LogP contribution in [0.3, 0.4) is 0 Å². The number of nitrogens with one attached hydrogen (secondary N) is 1. The third-order valence-corrected chi connectivity index (χ3v) is 8.17. The first-order valence-electron chi connectivity index (χ1n) is 13.7. The van der Waals surface area contributed by atoms with E-state index >= 15 is 0 Å². The molecule has 2 fully saturated rings. The van der Waals surface area contributed by atoms with Crippen LogP contribution in [0.5, 0.6) is 11.8 Å². The van der Waals surface area contributed by atoms with E-state index in [0.717, 1.165) is 36.3 Å². The van der Waals surface area contributed by atoms with Crippen LogP contribution in [-0.2, 0) is 22.1 Å². The number of urea groups is 1. The van der Waals surface area contributed by atoms with E-state index in [4.69, 9.17) is 10.00 Å². The number of hydrogen-bond donors (Lipinski definition) is 3. The van der Waals surface area contributed by atoms with Gasteiger partial charge in [-0.3, -0.25) is 14.4 Å². The molecule has 10 nitrogen and oxygen atoms in total. The Kier molecular flexibility index (Phi) is 7.16. The lowest BCUT2D eigenvalue weighted by atomic mass is 9.94. The zero-order valence-corrected chi connectivity index (χ0v) is 23.5. The van der Waals surface area contributed by atoms with Crippen molar-refractivity contribution in [2.75, 3.05) is 52.4 Å². The third kappa shape index (κ3) is 5.09. The summed E-state index contributed by atoms with van der Waals surface area (Å²) in [5.41, 5.74) is -3.12. The fraction of sp³-hybridized carbons (Fsp3) is 0.571. The number of carbonyl (C=O) groups is 1. The number of fused-ring (bicyclic) bond motifs is 5. The van der Waals surface area contributed by atoms with E-state index in [0.29, 0.717) is 43.9 Å². The summed E-state index contributed by atoms with van der Waals surface area (Å²) in [4.78, 5) is 18.6. The van der Waals surface area contributed by atoms with Gasteiger partial charge in [-0.25, -0.2) is 4.79 Å². The molecule has 1 aromatic carbocycles. The second-order valence-corrected chi connectivity index (χ2v) is 11.8. The second kappa shape index (κ2) is 10.1. The zero-order chi connectivity index (χ0) is 29.9. The number of benzene rings is 1. The monoisotopic (exact) mass is 576 g/mol. The summed E-state index contributed by atoms with van der Waals surface area (Å²) in [6, 6.07) is 4.62. The molecule has 4 heterocycles. The summed E-state index contributed by atoms with van der Waals surface area (Å²) in [5, 5.41) is 34.6. The summed E-state index contributed by atoms with van der Waals surface area (Å²) >= 11 is 0. The third-order valence-electron chi connectivity index (χ3n) is 8.17. The van der Waals surface area contributed by atoms with Crippen molar-refractivity contribution in [1.82, 2.24) is 24.6 Å². The van der Waals surface area contributed by atoms with Crippen molar-refractivity contribution >= 4 is 6.03 Å². The predicted molar refractivity (Wildman–Crippen MR) is 143 cm³/mol. The molecule has 2 aromatic rings. The molecule has 0 aliphatic carbocycles. The fourth-order valence-corrected chi connectivity index (χ4v) is 6.48. The molecule has 3 N–H and O–H groups in total. The molecule has 0 spiro atoms. The van der Waals surface area contributed by atoms with Gasteiger partial charge in [0.05, 0.1) is 34.0 Å². The van der Waals surface area contributed by atoms with Crippen molar-refractivity contribution < 1.29 is 32.9 Å². The molecule has 0 saturated carbocycles. The van der Waals surface area contributed by atoms with Gasteiger partial charge < -0.3 is 25.2 Å². The van der Waals surface area contributed by atoms with Gasteiger partial charge in [-0.2, -0.15) is 18.4 Å². The number of aromatic hydroxyl groups is 2. The van der Waals surface area contributed by atoms with Crippen LogP contribution >= 0.6 is 0 Å². The number of aromatic nitrogens is 1. The standard InChI is InChI=1S/C28H35F3N6O4/c1-17(2)33-25(40)36-11-9-34(10-12-36)7-8-35-15-26(3)21-22(27(4,16-35)41-26)24(39)37(23(21)38)19-6-5-18(14-32)20(13-19)28(29,30)31/h5-6,13,17,38-39H,7-12,15-16H2,1-4H3,(H,33,40). The van der Waals surface area contributed by atoms with Crippen LogP contribution in [0.15, 0.2) is 18.2 Å². The van der Waals surface area contributed by atoms with E-state index in [1.807, 2.05) is 18.7 Å². The maximum Gasteiger partial charge on any atom is 0.417 e. The summed E-state index contributed by atoms with van der Waals surface area (Å²) in [6.45, 7) is 12.5. The quantitative estimate of drug-likeness (QED) is 0.500. The smallest absolute Gasteiger partial charge is 0.417 e. The maximum atomic E-state index is 13.6. The Balaban J connectivity index is 1.33. The number of rotatable bonds is 5. The topological polar surface area (TPSA) is 117 Å². The number of amides is 2. The number of alkyl halides is 3. The van der Waals surface area contributed by atoms with Crippen molar-refractivity contribution in [3.63, 3.8) is 0 Å². The van der Waals surface area contributed by atoms with Gasteiger partial charge in [0, 0.05) is 58.4 Å². The molecule has 1 aromatic heterocycles. The van der Waals surface area contributed by atoms with Crippen molar-refractivity contribution in [3.8, 4) is 23.5 Å². The lowest BCUT2D eigenvalue weighted by Gasteiger charge is -2.44. The Hall–Kier alpha value is -3.47. The average Bonchev–Trinajstić information content (AvgIpc) is 3.26. The Morgan fingerprint density at radius 3 is 2.12 bits per heavy atom. The number of halogens is 3. The molecule has 0 radical (unpaired) electrons. The molecule has 13 heteroatoms. The normalized spacial score (nSPS) is 24.9. The molecule has 222 valence electrons. The van der Waals surface area contributed by atoms with Gasteiger partial charge in [-0.1, -0.05) is 0 Å². The molecule has 5 rings (SSSR count). The molecule has 41 heavy (non-hydrogen) atoms. The molecule has 2 bridgehead atoms. The first-order valence-corrected chi connectivity index (χ1v) is 13.7.